The lowest BCUT2D eigenvalue weighted by molar-refractivity contribution is 0.708. The monoisotopic (exact) mass is 394 g/mol. The molecule has 5 heteroatoms. The van der Waals surface area contributed by atoms with Crippen molar-refractivity contribution in [1.29, 1.82) is 0 Å². The summed E-state index contributed by atoms with van der Waals surface area (Å²) in [4.78, 5) is 11.9. The summed E-state index contributed by atoms with van der Waals surface area (Å²) in [5, 5.41) is 1.27. The Kier molecular flexibility index (Phi) is 5.51. The Balaban J connectivity index is 0.00000192. The maximum Gasteiger partial charge on any atom is 0.0726 e. The molecular formula is C23H27ClN4. The molecule has 5 rings (SSSR count). The Labute approximate surface area is 172 Å². The molecule has 1 fully saturated rings. The van der Waals surface area contributed by atoms with Crippen molar-refractivity contribution in [2.75, 3.05) is 18.0 Å². The van der Waals surface area contributed by atoms with Crippen LogP contribution in [0.3, 0.4) is 0 Å². The average molecular weight is 395 g/mol. The van der Waals surface area contributed by atoms with E-state index in [2.05, 4.69) is 34.1 Å². The summed E-state index contributed by atoms with van der Waals surface area (Å²) in [5.74, 6) is 0. The van der Waals surface area contributed by atoms with Crippen molar-refractivity contribution in [3.63, 3.8) is 0 Å². The number of hydrogen-bond donors (Lipinski definition) is 1. The summed E-state index contributed by atoms with van der Waals surface area (Å²) >= 11 is 0. The predicted octanol–water partition coefficient (Wildman–Crippen LogP) is 4.52. The van der Waals surface area contributed by atoms with Gasteiger partial charge >= 0.3 is 0 Å². The molecule has 2 aromatic heterocycles. The van der Waals surface area contributed by atoms with Gasteiger partial charge < -0.3 is 10.6 Å². The number of nitrogens with two attached hydrogens (primary N) is 1. The fourth-order valence-electron chi connectivity index (χ4n) is 4.64. The molecule has 0 saturated carbocycles. The molecule has 1 aliphatic carbocycles. The van der Waals surface area contributed by atoms with Gasteiger partial charge in [0.05, 0.1) is 11.2 Å². The Hall–Kier alpha value is -2.17. The van der Waals surface area contributed by atoms with Gasteiger partial charge in [0.15, 0.2) is 0 Å². The van der Waals surface area contributed by atoms with Gasteiger partial charge in [0.25, 0.3) is 0 Å². The number of aromatic nitrogens is 2. The second-order valence-corrected chi connectivity index (χ2v) is 7.91. The number of aryl methyl sites for hydroxylation is 1. The van der Waals surface area contributed by atoms with E-state index in [9.17, 15) is 0 Å². The summed E-state index contributed by atoms with van der Waals surface area (Å²) in [6.45, 7) is 1.99. The number of halogens is 1. The summed E-state index contributed by atoms with van der Waals surface area (Å²) < 4.78 is 0. The SMILES string of the molecule is Cl.NC1CCN(c2c3c(nc4ccc(-c5cccnc5)cc24)CCCCC3)C1. The van der Waals surface area contributed by atoms with Gasteiger partial charge in [-0.2, -0.15) is 0 Å². The van der Waals surface area contributed by atoms with Crippen LogP contribution in [0, 0.1) is 0 Å². The third-order valence-corrected chi connectivity index (χ3v) is 6.02. The quantitative estimate of drug-likeness (QED) is 0.649. The molecule has 2 N–H and O–H groups in total. The van der Waals surface area contributed by atoms with Crippen molar-refractivity contribution in [1.82, 2.24) is 9.97 Å². The molecular weight excluding hydrogens is 368 g/mol. The minimum Gasteiger partial charge on any atom is -0.369 e. The van der Waals surface area contributed by atoms with E-state index in [1.807, 2.05) is 18.5 Å². The number of hydrogen-bond acceptors (Lipinski definition) is 4. The Morgan fingerprint density at radius 2 is 1.93 bits per heavy atom. The van der Waals surface area contributed by atoms with Crippen molar-refractivity contribution >= 4 is 29.0 Å². The fourth-order valence-corrected chi connectivity index (χ4v) is 4.64. The molecule has 0 radical (unpaired) electrons. The second kappa shape index (κ2) is 8.06. The van der Waals surface area contributed by atoms with E-state index < -0.39 is 0 Å². The molecule has 0 bridgehead atoms. The van der Waals surface area contributed by atoms with Crippen LogP contribution in [0.4, 0.5) is 5.69 Å². The fraction of sp³-hybridized carbons (Fsp3) is 0.391. The summed E-state index contributed by atoms with van der Waals surface area (Å²) in [6, 6.07) is 11.1. The lowest BCUT2D eigenvalue weighted by Crippen LogP contribution is -2.27. The summed E-state index contributed by atoms with van der Waals surface area (Å²) in [7, 11) is 0. The standard InChI is InChI=1S/C23H26N4.ClH/c24-18-10-12-27(15-18)23-19-6-2-1-3-7-21(19)26-22-9-8-16(13-20(22)23)17-5-4-11-25-14-17;/h4-5,8-9,11,13-14,18H,1-3,6-7,10,12,15,24H2;1H. The highest BCUT2D eigenvalue weighted by molar-refractivity contribution is 5.97. The number of benzene rings is 1. The Bertz CT molecular complexity index is 973. The first kappa shape index (κ1) is 19.2. The molecule has 0 amide bonds. The van der Waals surface area contributed by atoms with E-state index in [0.29, 0.717) is 0 Å². The minimum atomic E-state index is 0. The van der Waals surface area contributed by atoms with Crippen LogP contribution in [0.5, 0.6) is 0 Å². The Morgan fingerprint density at radius 1 is 1.04 bits per heavy atom. The molecule has 1 aliphatic heterocycles. The zero-order valence-corrected chi connectivity index (χ0v) is 16.9. The van der Waals surface area contributed by atoms with Crippen molar-refractivity contribution in [3.8, 4) is 11.1 Å². The molecule has 3 aromatic rings. The van der Waals surface area contributed by atoms with Crippen LogP contribution in [-0.2, 0) is 12.8 Å². The smallest absolute Gasteiger partial charge is 0.0726 e. The van der Waals surface area contributed by atoms with Crippen molar-refractivity contribution in [2.24, 2.45) is 5.73 Å². The molecule has 1 unspecified atom stereocenters. The van der Waals surface area contributed by atoms with Crippen molar-refractivity contribution in [2.45, 2.75) is 44.6 Å². The zero-order chi connectivity index (χ0) is 18.2. The maximum absolute atomic E-state index is 6.27. The first-order valence-electron chi connectivity index (χ1n) is 10.2. The first-order chi connectivity index (χ1) is 13.3. The van der Waals surface area contributed by atoms with E-state index in [1.54, 1.807) is 0 Å². The van der Waals surface area contributed by atoms with Gasteiger partial charge in [0.1, 0.15) is 0 Å². The van der Waals surface area contributed by atoms with Gasteiger partial charge in [0, 0.05) is 48.2 Å². The van der Waals surface area contributed by atoms with Crippen LogP contribution < -0.4 is 10.6 Å². The lowest BCUT2D eigenvalue weighted by Gasteiger charge is -2.25. The molecule has 146 valence electrons. The molecule has 1 atom stereocenters. The maximum atomic E-state index is 6.27. The van der Waals surface area contributed by atoms with E-state index in [4.69, 9.17) is 10.7 Å². The molecule has 1 saturated heterocycles. The van der Waals surface area contributed by atoms with E-state index >= 15 is 0 Å². The van der Waals surface area contributed by atoms with Crippen molar-refractivity contribution < 1.29 is 0 Å². The topological polar surface area (TPSA) is 55.0 Å². The molecule has 1 aromatic carbocycles. The first-order valence-corrected chi connectivity index (χ1v) is 10.2. The number of anilines is 1. The van der Waals surface area contributed by atoms with Crippen LogP contribution in [0.1, 0.15) is 36.9 Å². The molecule has 28 heavy (non-hydrogen) atoms. The van der Waals surface area contributed by atoms with Gasteiger partial charge in [-0.25, -0.2) is 0 Å². The normalized spacial score (nSPS) is 19.2. The van der Waals surface area contributed by atoms with Crippen LogP contribution in [0.15, 0.2) is 42.7 Å². The largest absolute Gasteiger partial charge is 0.369 e. The van der Waals surface area contributed by atoms with E-state index in [0.717, 1.165) is 43.4 Å². The molecule has 0 spiro atoms. The predicted molar refractivity (Wildman–Crippen MR) is 118 cm³/mol. The highest BCUT2D eigenvalue weighted by atomic mass is 35.5. The number of pyridine rings is 2. The Morgan fingerprint density at radius 3 is 2.71 bits per heavy atom. The van der Waals surface area contributed by atoms with Gasteiger partial charge in [-0.15, -0.1) is 12.4 Å². The van der Waals surface area contributed by atoms with Gasteiger partial charge in [0.2, 0.25) is 0 Å². The number of fused-ring (bicyclic) bond motifs is 2. The van der Waals surface area contributed by atoms with Crippen LogP contribution in [-0.4, -0.2) is 29.1 Å². The third-order valence-electron chi connectivity index (χ3n) is 6.02. The minimum absolute atomic E-state index is 0. The van der Waals surface area contributed by atoms with Gasteiger partial charge in [-0.05, 0) is 61.4 Å². The van der Waals surface area contributed by atoms with Crippen LogP contribution >= 0.6 is 12.4 Å². The van der Waals surface area contributed by atoms with E-state index in [1.165, 1.54) is 47.2 Å². The number of nitrogens with zero attached hydrogens (tertiary/aromatic N) is 3. The van der Waals surface area contributed by atoms with E-state index in [-0.39, 0.29) is 18.4 Å². The summed E-state index contributed by atoms with van der Waals surface area (Å²) in [5.41, 5.74) is 13.9. The summed E-state index contributed by atoms with van der Waals surface area (Å²) in [6.07, 6.45) is 10.9. The van der Waals surface area contributed by atoms with Crippen LogP contribution in [0.25, 0.3) is 22.0 Å². The number of rotatable bonds is 2. The van der Waals surface area contributed by atoms with Crippen LogP contribution in [0.2, 0.25) is 0 Å². The third kappa shape index (κ3) is 3.47. The van der Waals surface area contributed by atoms with Gasteiger partial charge in [-0.3, -0.25) is 9.97 Å². The second-order valence-electron chi connectivity index (χ2n) is 7.91. The molecule has 3 heterocycles. The molecule has 4 nitrogen and oxygen atoms in total. The average Bonchev–Trinajstić information content (AvgIpc) is 2.99. The van der Waals surface area contributed by atoms with Gasteiger partial charge in [-0.1, -0.05) is 18.6 Å². The highest BCUT2D eigenvalue weighted by Gasteiger charge is 2.26. The van der Waals surface area contributed by atoms with Crippen molar-refractivity contribution in [3.05, 3.63) is 54.0 Å². The molecule has 2 aliphatic rings. The highest BCUT2D eigenvalue weighted by Crippen LogP contribution is 2.38. The lowest BCUT2D eigenvalue weighted by atomic mass is 9.98. The zero-order valence-electron chi connectivity index (χ0n) is 16.1.